The van der Waals surface area contributed by atoms with Crippen molar-refractivity contribution < 1.29 is 17.6 Å². The number of carbonyl (C=O) groups excluding carboxylic acids is 1. The van der Waals surface area contributed by atoms with Gasteiger partial charge in [-0.3, -0.25) is 9.79 Å². The molecule has 2 aliphatic heterocycles. The van der Waals surface area contributed by atoms with Gasteiger partial charge in [0, 0.05) is 10.2 Å². The monoisotopic (exact) mass is 525 g/mol. The molecule has 0 radical (unpaired) electrons. The summed E-state index contributed by atoms with van der Waals surface area (Å²) in [6.07, 6.45) is 0. The van der Waals surface area contributed by atoms with Crippen molar-refractivity contribution in [2.45, 2.75) is 25.9 Å². The number of hydrogen-bond donors (Lipinski definition) is 1. The van der Waals surface area contributed by atoms with E-state index in [1.54, 1.807) is 17.0 Å². The van der Waals surface area contributed by atoms with Crippen LogP contribution in [0, 0.1) is 19.7 Å². The number of amides is 1. The van der Waals surface area contributed by atoms with Crippen LogP contribution in [0.2, 0.25) is 0 Å². The number of benzene rings is 2. The lowest BCUT2D eigenvalue weighted by molar-refractivity contribution is -0.113. The van der Waals surface area contributed by atoms with Crippen molar-refractivity contribution in [3.05, 3.63) is 57.8 Å². The molecular formula is C21H21BrFN3O3S2. The average Bonchev–Trinajstić information content (AvgIpc) is 3.15. The number of hydrogen-bond acceptors (Lipinski definition) is 6. The molecule has 2 aromatic carbocycles. The summed E-state index contributed by atoms with van der Waals surface area (Å²) in [6.45, 7) is 3.92. The zero-order chi connectivity index (χ0) is 22.3. The molecule has 1 N–H and O–H groups in total. The molecule has 1 fully saturated rings. The van der Waals surface area contributed by atoms with Gasteiger partial charge in [-0.25, -0.2) is 12.8 Å². The molecule has 2 atom stereocenters. The summed E-state index contributed by atoms with van der Waals surface area (Å²) in [4.78, 5) is 18.7. The standard InChI is InChI=1S/C21H21BrFN3O3S2/c1-12-4-3-5-16(13(12)2)24-20(27)9-30-21-25-17-10-31(28,29)11-19(17)26(21)18-7-6-14(22)8-15(18)23/h3-8,17,19H,9-11H2,1-2H3,(H,24,27)/t17-,19-/m1/s1. The van der Waals surface area contributed by atoms with E-state index in [2.05, 4.69) is 26.2 Å². The number of amidine groups is 1. The van der Waals surface area contributed by atoms with Gasteiger partial charge in [0.25, 0.3) is 0 Å². The number of nitrogens with one attached hydrogen (secondary N) is 1. The highest BCUT2D eigenvalue weighted by atomic mass is 79.9. The van der Waals surface area contributed by atoms with Crippen molar-refractivity contribution in [2.75, 3.05) is 27.5 Å². The fourth-order valence-corrected chi connectivity index (χ4v) is 6.89. The van der Waals surface area contributed by atoms with Crippen LogP contribution in [0.4, 0.5) is 15.8 Å². The summed E-state index contributed by atoms with van der Waals surface area (Å²) in [5.41, 5.74) is 3.08. The number of carbonyl (C=O) groups is 1. The minimum absolute atomic E-state index is 0.0644. The maximum absolute atomic E-state index is 14.7. The fraction of sp³-hybridized carbons (Fsp3) is 0.333. The summed E-state index contributed by atoms with van der Waals surface area (Å²) in [6, 6.07) is 9.40. The number of aryl methyl sites for hydroxylation is 1. The van der Waals surface area contributed by atoms with Crippen molar-refractivity contribution in [3.63, 3.8) is 0 Å². The molecule has 10 heteroatoms. The first-order chi connectivity index (χ1) is 14.6. The minimum Gasteiger partial charge on any atom is -0.325 e. The van der Waals surface area contributed by atoms with Crippen LogP contribution in [0.5, 0.6) is 0 Å². The second kappa shape index (κ2) is 8.55. The third-order valence-corrected chi connectivity index (χ3v) is 8.65. The number of halogens is 2. The van der Waals surface area contributed by atoms with Gasteiger partial charge in [-0.05, 0) is 49.2 Å². The lowest BCUT2D eigenvalue weighted by atomic mass is 10.1. The Morgan fingerprint density at radius 3 is 2.81 bits per heavy atom. The topological polar surface area (TPSA) is 78.8 Å². The van der Waals surface area contributed by atoms with Crippen molar-refractivity contribution >= 4 is 60.0 Å². The van der Waals surface area contributed by atoms with Crippen LogP contribution >= 0.6 is 27.7 Å². The Morgan fingerprint density at radius 1 is 1.29 bits per heavy atom. The van der Waals surface area contributed by atoms with Gasteiger partial charge >= 0.3 is 0 Å². The van der Waals surface area contributed by atoms with Gasteiger partial charge in [-0.2, -0.15) is 0 Å². The van der Waals surface area contributed by atoms with Gasteiger partial charge in [-0.15, -0.1) is 0 Å². The number of rotatable bonds is 4. The largest absolute Gasteiger partial charge is 0.325 e. The molecule has 0 unspecified atom stereocenters. The number of nitrogens with zero attached hydrogens (tertiary/aromatic N) is 2. The first kappa shape index (κ1) is 22.3. The number of fused-ring (bicyclic) bond motifs is 1. The van der Waals surface area contributed by atoms with Gasteiger partial charge < -0.3 is 10.2 Å². The van der Waals surface area contributed by atoms with Crippen LogP contribution in [0.1, 0.15) is 11.1 Å². The second-order valence-electron chi connectivity index (χ2n) is 7.67. The van der Waals surface area contributed by atoms with Gasteiger partial charge in [0.05, 0.1) is 35.0 Å². The van der Waals surface area contributed by atoms with E-state index in [9.17, 15) is 17.6 Å². The maximum Gasteiger partial charge on any atom is 0.234 e. The highest BCUT2D eigenvalue weighted by Gasteiger charge is 2.47. The molecule has 2 aromatic rings. The Hall–Kier alpha value is -1.91. The number of sulfone groups is 1. The molecule has 6 nitrogen and oxygen atoms in total. The normalized spacial score (nSPS) is 21.7. The van der Waals surface area contributed by atoms with Crippen molar-refractivity contribution in [1.82, 2.24) is 0 Å². The Balaban J connectivity index is 1.54. The Labute approximate surface area is 193 Å². The molecule has 1 saturated heterocycles. The molecule has 4 rings (SSSR count). The van der Waals surface area contributed by atoms with Gasteiger partial charge in [-0.1, -0.05) is 39.8 Å². The van der Waals surface area contributed by atoms with Crippen LogP contribution in [-0.4, -0.2) is 48.8 Å². The van der Waals surface area contributed by atoms with Crippen molar-refractivity contribution in [1.29, 1.82) is 0 Å². The van der Waals surface area contributed by atoms with E-state index in [-0.39, 0.29) is 28.9 Å². The molecule has 1 amide bonds. The van der Waals surface area contributed by atoms with Crippen LogP contribution in [0.15, 0.2) is 45.9 Å². The summed E-state index contributed by atoms with van der Waals surface area (Å²) in [5.74, 6) is -0.761. The summed E-state index contributed by atoms with van der Waals surface area (Å²) in [7, 11) is -3.24. The average molecular weight is 526 g/mol. The molecule has 164 valence electrons. The van der Waals surface area contributed by atoms with Gasteiger partial charge in [0.1, 0.15) is 5.82 Å². The SMILES string of the molecule is Cc1cccc(NC(=O)CSC2=N[C@@H]3CS(=O)(=O)C[C@H]3N2c2ccc(Br)cc2F)c1C. The van der Waals surface area contributed by atoms with Crippen LogP contribution < -0.4 is 10.2 Å². The number of anilines is 2. The summed E-state index contributed by atoms with van der Waals surface area (Å²) < 4.78 is 39.6. The second-order valence-corrected chi connectivity index (χ2v) is 11.7. The number of thioether (sulfide) groups is 1. The number of aliphatic imine (C=N–C) groups is 1. The third kappa shape index (κ3) is 4.65. The molecule has 0 aromatic heterocycles. The zero-order valence-electron chi connectivity index (χ0n) is 16.9. The third-order valence-electron chi connectivity index (χ3n) is 5.49. The minimum atomic E-state index is -3.24. The predicted molar refractivity (Wildman–Crippen MR) is 127 cm³/mol. The first-order valence-corrected chi connectivity index (χ1v) is 13.3. The predicted octanol–water partition coefficient (Wildman–Crippen LogP) is 3.92. The van der Waals surface area contributed by atoms with E-state index >= 15 is 0 Å². The smallest absolute Gasteiger partial charge is 0.234 e. The maximum atomic E-state index is 14.7. The van der Waals surface area contributed by atoms with E-state index in [1.807, 2.05) is 32.0 Å². The lowest BCUT2D eigenvalue weighted by Crippen LogP contribution is -2.40. The van der Waals surface area contributed by atoms with E-state index in [4.69, 9.17) is 0 Å². The van der Waals surface area contributed by atoms with Crippen LogP contribution in [0.25, 0.3) is 0 Å². The molecule has 0 saturated carbocycles. The Kier molecular flexibility index (Phi) is 6.15. The van der Waals surface area contributed by atoms with E-state index in [0.29, 0.717) is 9.64 Å². The fourth-order valence-electron chi connectivity index (χ4n) is 3.79. The van der Waals surface area contributed by atoms with E-state index in [0.717, 1.165) is 16.8 Å². The highest BCUT2D eigenvalue weighted by molar-refractivity contribution is 9.10. The molecule has 2 heterocycles. The lowest BCUT2D eigenvalue weighted by Gasteiger charge is -2.26. The Morgan fingerprint density at radius 2 is 2.06 bits per heavy atom. The molecule has 31 heavy (non-hydrogen) atoms. The summed E-state index contributed by atoms with van der Waals surface area (Å²) >= 11 is 4.43. The van der Waals surface area contributed by atoms with E-state index < -0.39 is 27.7 Å². The van der Waals surface area contributed by atoms with Crippen LogP contribution in [-0.2, 0) is 14.6 Å². The van der Waals surface area contributed by atoms with Crippen molar-refractivity contribution in [3.8, 4) is 0 Å². The van der Waals surface area contributed by atoms with Gasteiger partial charge in [0.15, 0.2) is 15.0 Å². The first-order valence-electron chi connectivity index (χ1n) is 9.66. The molecule has 0 aliphatic carbocycles. The van der Waals surface area contributed by atoms with Gasteiger partial charge in [0.2, 0.25) is 5.91 Å². The molecular weight excluding hydrogens is 505 g/mol. The quantitative estimate of drug-likeness (QED) is 0.654. The molecule has 0 bridgehead atoms. The summed E-state index contributed by atoms with van der Waals surface area (Å²) in [5, 5.41) is 3.36. The van der Waals surface area contributed by atoms with Crippen LogP contribution in [0.3, 0.4) is 0 Å². The Bertz CT molecular complexity index is 1190. The zero-order valence-corrected chi connectivity index (χ0v) is 20.2. The van der Waals surface area contributed by atoms with Crippen molar-refractivity contribution in [2.24, 2.45) is 4.99 Å². The molecule has 0 spiro atoms. The molecule has 2 aliphatic rings. The van der Waals surface area contributed by atoms with E-state index in [1.165, 1.54) is 17.8 Å². The highest BCUT2D eigenvalue weighted by Crippen LogP contribution is 2.37.